The van der Waals surface area contributed by atoms with E-state index < -0.39 is 11.6 Å². The lowest BCUT2D eigenvalue weighted by Crippen LogP contribution is -2.17. The molecule has 1 fully saturated rings. The molecular weight excluding hydrogens is 470 g/mol. The van der Waals surface area contributed by atoms with Crippen LogP contribution in [0.25, 0.3) is 11.1 Å². The van der Waals surface area contributed by atoms with E-state index in [1.54, 1.807) is 0 Å². The van der Waals surface area contributed by atoms with Gasteiger partial charge in [-0.1, -0.05) is 128 Å². The van der Waals surface area contributed by atoms with Gasteiger partial charge in [-0.3, -0.25) is 0 Å². The normalized spacial score (nSPS) is 17.9. The fourth-order valence-corrected chi connectivity index (χ4v) is 6.40. The molecule has 2 atom stereocenters. The zero-order valence-corrected chi connectivity index (χ0v) is 24.3. The topological polar surface area (TPSA) is 0 Å². The van der Waals surface area contributed by atoms with Crippen molar-refractivity contribution in [2.24, 2.45) is 17.8 Å². The molecule has 0 amide bonds. The molecule has 0 N–H and O–H groups in total. The van der Waals surface area contributed by atoms with Crippen LogP contribution >= 0.6 is 0 Å². The number of unbranched alkanes of at least 4 members (excludes halogenated alkanes) is 7. The third-order valence-corrected chi connectivity index (χ3v) is 9.51. The van der Waals surface area contributed by atoms with E-state index in [9.17, 15) is 0 Å². The summed E-state index contributed by atoms with van der Waals surface area (Å²) in [7, 11) is 0. The van der Waals surface area contributed by atoms with Crippen LogP contribution < -0.4 is 0 Å². The third kappa shape index (κ3) is 8.92. The van der Waals surface area contributed by atoms with Crippen LogP contribution in [0.5, 0.6) is 0 Å². The minimum absolute atomic E-state index is 0.431. The Hall–Kier alpha value is -1.70. The molecule has 0 heterocycles. The van der Waals surface area contributed by atoms with Gasteiger partial charge in [0.15, 0.2) is 11.6 Å². The second-order valence-electron chi connectivity index (χ2n) is 12.8. The maximum absolute atomic E-state index is 15.3. The van der Waals surface area contributed by atoms with Crippen molar-refractivity contribution in [3.05, 3.63) is 58.7 Å². The van der Waals surface area contributed by atoms with Crippen molar-refractivity contribution in [3.63, 3.8) is 0 Å². The van der Waals surface area contributed by atoms with Gasteiger partial charge in [-0.25, -0.2) is 8.78 Å². The number of benzene rings is 2. The molecule has 0 nitrogen and oxygen atoms in total. The fourth-order valence-electron chi connectivity index (χ4n) is 6.40. The first kappa shape index (κ1) is 29.3. The smallest absolute Gasteiger partial charge is 0.166 e. The molecule has 2 unspecified atom stereocenters. The van der Waals surface area contributed by atoms with Gasteiger partial charge in [-0.15, -0.1) is 0 Å². The average molecular weight is 523 g/mol. The standard InChI is InChI=1S/C36H52F2/c1-3-27(2)13-11-12-15-29-19-22-31(23-20-29)34-26-32-24-21-30(25-33(32)35(37)36(34)38)16-10-8-6-4-5-7-9-14-28-17-18-28/h19-20,22-23,26-28,30H,3-18,21,24-25H2,1-2H3. The molecule has 0 radical (unpaired) electrons. The van der Waals surface area contributed by atoms with Crippen LogP contribution in [0.15, 0.2) is 30.3 Å². The van der Waals surface area contributed by atoms with Gasteiger partial charge in [0.05, 0.1) is 0 Å². The Labute approximate surface area is 232 Å². The van der Waals surface area contributed by atoms with E-state index >= 15 is 8.78 Å². The molecule has 2 aliphatic rings. The van der Waals surface area contributed by atoms with Gasteiger partial charge in [-0.2, -0.15) is 0 Å². The van der Waals surface area contributed by atoms with Gasteiger partial charge < -0.3 is 0 Å². The van der Waals surface area contributed by atoms with Crippen molar-refractivity contribution in [1.82, 2.24) is 0 Å². The molecule has 0 spiro atoms. The predicted octanol–water partition coefficient (Wildman–Crippen LogP) is 11.4. The molecule has 0 saturated heterocycles. The second-order valence-corrected chi connectivity index (χ2v) is 12.8. The number of hydrogen-bond donors (Lipinski definition) is 0. The average Bonchev–Trinajstić information content (AvgIpc) is 3.77. The lowest BCUT2D eigenvalue weighted by atomic mass is 9.80. The number of halogens is 2. The summed E-state index contributed by atoms with van der Waals surface area (Å²) >= 11 is 0. The van der Waals surface area contributed by atoms with Crippen molar-refractivity contribution < 1.29 is 8.78 Å². The summed E-state index contributed by atoms with van der Waals surface area (Å²) in [6.07, 6.45) is 23.7. The summed E-state index contributed by atoms with van der Waals surface area (Å²) in [4.78, 5) is 0. The van der Waals surface area contributed by atoms with Crippen molar-refractivity contribution >= 4 is 0 Å². The molecule has 2 heteroatoms. The highest BCUT2D eigenvalue weighted by Gasteiger charge is 2.26. The molecule has 0 aromatic heterocycles. The van der Waals surface area contributed by atoms with Crippen molar-refractivity contribution in [2.45, 2.75) is 136 Å². The fraction of sp³-hybridized carbons (Fsp3) is 0.667. The molecule has 1 saturated carbocycles. The van der Waals surface area contributed by atoms with Crippen molar-refractivity contribution in [2.75, 3.05) is 0 Å². The summed E-state index contributed by atoms with van der Waals surface area (Å²) in [6.45, 7) is 4.57. The number of aryl methyl sites for hydroxylation is 2. The Morgan fingerprint density at radius 2 is 1.42 bits per heavy atom. The first-order valence-corrected chi connectivity index (χ1v) is 16.1. The summed E-state index contributed by atoms with van der Waals surface area (Å²) in [5, 5.41) is 0. The van der Waals surface area contributed by atoms with Gasteiger partial charge in [0, 0.05) is 5.56 Å². The predicted molar refractivity (Wildman–Crippen MR) is 159 cm³/mol. The summed E-state index contributed by atoms with van der Waals surface area (Å²) in [5.41, 5.74) is 4.18. The summed E-state index contributed by atoms with van der Waals surface area (Å²) in [6, 6.07) is 10.1. The van der Waals surface area contributed by atoms with E-state index in [0.29, 0.717) is 23.5 Å². The summed E-state index contributed by atoms with van der Waals surface area (Å²) < 4.78 is 30.5. The van der Waals surface area contributed by atoms with Crippen LogP contribution in [0.2, 0.25) is 0 Å². The quantitative estimate of drug-likeness (QED) is 0.181. The van der Waals surface area contributed by atoms with Gasteiger partial charge in [0.2, 0.25) is 0 Å². The van der Waals surface area contributed by atoms with Crippen LogP contribution in [0, 0.1) is 29.4 Å². The Morgan fingerprint density at radius 1 is 0.763 bits per heavy atom. The third-order valence-electron chi connectivity index (χ3n) is 9.51. The zero-order valence-electron chi connectivity index (χ0n) is 24.3. The first-order valence-electron chi connectivity index (χ1n) is 16.1. The molecule has 38 heavy (non-hydrogen) atoms. The SMILES string of the molecule is CCC(C)CCCCc1ccc(-c2cc3c(c(F)c2F)CC(CCCCCCCCCC2CC2)CC3)cc1. The van der Waals surface area contributed by atoms with E-state index in [1.807, 2.05) is 18.2 Å². The molecule has 210 valence electrons. The minimum atomic E-state index is -0.660. The van der Waals surface area contributed by atoms with E-state index in [0.717, 1.165) is 48.6 Å². The molecule has 2 aromatic carbocycles. The molecule has 2 aromatic rings. The highest BCUT2D eigenvalue weighted by molar-refractivity contribution is 5.66. The number of fused-ring (bicyclic) bond motifs is 1. The van der Waals surface area contributed by atoms with Gasteiger partial charge in [-0.05, 0) is 78.2 Å². The van der Waals surface area contributed by atoms with Crippen LogP contribution in [-0.2, 0) is 19.3 Å². The lowest BCUT2D eigenvalue weighted by Gasteiger charge is -2.26. The van der Waals surface area contributed by atoms with Gasteiger partial charge in [0.1, 0.15) is 0 Å². The highest BCUT2D eigenvalue weighted by Crippen LogP contribution is 2.37. The Morgan fingerprint density at radius 3 is 2.08 bits per heavy atom. The van der Waals surface area contributed by atoms with E-state index in [1.165, 1.54) is 95.5 Å². The zero-order chi connectivity index (χ0) is 26.7. The molecule has 0 bridgehead atoms. The van der Waals surface area contributed by atoms with E-state index in [2.05, 4.69) is 26.0 Å². The minimum Gasteiger partial charge on any atom is -0.203 e. The molecular formula is C36H52F2. The van der Waals surface area contributed by atoms with Crippen LogP contribution in [0.4, 0.5) is 8.78 Å². The largest absolute Gasteiger partial charge is 0.203 e. The highest BCUT2D eigenvalue weighted by atomic mass is 19.2. The molecule has 0 aliphatic heterocycles. The van der Waals surface area contributed by atoms with Crippen LogP contribution in [0.1, 0.15) is 133 Å². The summed E-state index contributed by atoms with van der Waals surface area (Å²) in [5.74, 6) is 1.12. The van der Waals surface area contributed by atoms with Gasteiger partial charge >= 0.3 is 0 Å². The Bertz CT molecular complexity index is 972. The number of rotatable bonds is 17. The first-order chi connectivity index (χ1) is 18.5. The van der Waals surface area contributed by atoms with Gasteiger partial charge in [0.25, 0.3) is 0 Å². The van der Waals surface area contributed by atoms with Crippen molar-refractivity contribution in [1.29, 1.82) is 0 Å². The van der Waals surface area contributed by atoms with E-state index in [4.69, 9.17) is 0 Å². The van der Waals surface area contributed by atoms with Crippen molar-refractivity contribution in [3.8, 4) is 11.1 Å². The van der Waals surface area contributed by atoms with E-state index in [-0.39, 0.29) is 0 Å². The maximum atomic E-state index is 15.3. The monoisotopic (exact) mass is 522 g/mol. The van der Waals surface area contributed by atoms with Crippen LogP contribution in [0.3, 0.4) is 0 Å². The Balaban J connectivity index is 1.21. The lowest BCUT2D eigenvalue weighted by molar-refractivity contribution is 0.388. The maximum Gasteiger partial charge on any atom is 0.166 e. The second kappa shape index (κ2) is 15.2. The molecule has 4 rings (SSSR count). The van der Waals surface area contributed by atoms with Crippen LogP contribution in [-0.4, -0.2) is 0 Å². The number of hydrogen-bond acceptors (Lipinski definition) is 0. The Kier molecular flexibility index (Phi) is 11.7. The molecule has 2 aliphatic carbocycles.